The Labute approximate surface area is 164 Å². The van der Waals surface area contributed by atoms with E-state index in [9.17, 15) is 9.59 Å². The molecule has 152 valence electrons. The molecule has 5 unspecified atom stereocenters. The van der Waals surface area contributed by atoms with Crippen LogP contribution >= 0.6 is 0 Å². The Balaban J connectivity index is 1.57. The fourth-order valence-corrected chi connectivity index (χ4v) is 8.49. The number of carboxylic acid groups (broad SMARTS) is 1. The number of carbonyl (C=O) groups excluding carboxylic acids is 1. The molecule has 0 bridgehead atoms. The van der Waals surface area contributed by atoms with Gasteiger partial charge in [-0.1, -0.05) is 33.6 Å². The molecule has 0 aromatic heterocycles. The molecule has 0 amide bonds. The first-order chi connectivity index (χ1) is 12.8. The molecule has 0 spiro atoms. The lowest BCUT2D eigenvalue weighted by Gasteiger charge is -2.60. The first-order valence-corrected chi connectivity index (χ1v) is 11.5. The second-order valence-electron chi connectivity index (χ2n) is 11.0. The summed E-state index contributed by atoms with van der Waals surface area (Å²) in [5.74, 6) is 3.02. The number of carbonyl (C=O) groups is 2. The summed E-state index contributed by atoms with van der Waals surface area (Å²) in [5.41, 5.74) is 0.637. The van der Waals surface area contributed by atoms with Crippen LogP contribution in [-0.2, 0) is 9.59 Å². The SMILES string of the molecule is C[C@H](CCC(=O)O)C1CCC2C3C(=O)C[C@@H]4CCCC[C@]4(C)C3CCC21C. The van der Waals surface area contributed by atoms with Gasteiger partial charge in [0.05, 0.1) is 0 Å². The molecule has 8 atom stereocenters. The van der Waals surface area contributed by atoms with Gasteiger partial charge in [-0.3, -0.25) is 9.59 Å². The monoisotopic (exact) mass is 374 g/mol. The van der Waals surface area contributed by atoms with Gasteiger partial charge in [-0.25, -0.2) is 0 Å². The quantitative estimate of drug-likeness (QED) is 0.685. The third kappa shape index (κ3) is 2.99. The van der Waals surface area contributed by atoms with Crippen LogP contribution in [0.25, 0.3) is 0 Å². The topological polar surface area (TPSA) is 54.4 Å². The minimum Gasteiger partial charge on any atom is -0.481 e. The Bertz CT molecular complexity index is 613. The summed E-state index contributed by atoms with van der Waals surface area (Å²) < 4.78 is 0. The van der Waals surface area contributed by atoms with E-state index < -0.39 is 5.97 Å². The maximum atomic E-state index is 13.3. The summed E-state index contributed by atoms with van der Waals surface area (Å²) in [6, 6.07) is 0. The second-order valence-corrected chi connectivity index (χ2v) is 11.0. The number of rotatable bonds is 4. The maximum Gasteiger partial charge on any atom is 0.303 e. The lowest BCUT2D eigenvalue weighted by atomic mass is 9.44. The van der Waals surface area contributed by atoms with Crippen molar-refractivity contribution in [2.75, 3.05) is 0 Å². The van der Waals surface area contributed by atoms with Crippen LogP contribution in [0.3, 0.4) is 0 Å². The highest BCUT2D eigenvalue weighted by Gasteiger charge is 2.62. The number of hydrogen-bond donors (Lipinski definition) is 1. The highest BCUT2D eigenvalue weighted by molar-refractivity contribution is 5.83. The molecule has 4 fully saturated rings. The fourth-order valence-electron chi connectivity index (χ4n) is 8.49. The highest BCUT2D eigenvalue weighted by Crippen LogP contribution is 2.67. The lowest BCUT2D eigenvalue weighted by molar-refractivity contribution is -0.156. The van der Waals surface area contributed by atoms with Crippen LogP contribution in [-0.4, -0.2) is 16.9 Å². The van der Waals surface area contributed by atoms with Gasteiger partial charge in [0.25, 0.3) is 0 Å². The zero-order valence-corrected chi connectivity index (χ0v) is 17.5. The van der Waals surface area contributed by atoms with Gasteiger partial charge < -0.3 is 5.11 Å². The lowest BCUT2D eigenvalue weighted by Crippen LogP contribution is -2.56. The first-order valence-electron chi connectivity index (χ1n) is 11.5. The molecule has 4 aliphatic rings. The van der Waals surface area contributed by atoms with Crippen LogP contribution < -0.4 is 0 Å². The second kappa shape index (κ2) is 6.88. The third-order valence-corrected chi connectivity index (χ3v) is 9.96. The summed E-state index contributed by atoms with van der Waals surface area (Å²) in [6.45, 7) is 7.23. The summed E-state index contributed by atoms with van der Waals surface area (Å²) in [6.07, 6.45) is 12.0. The van der Waals surface area contributed by atoms with Crippen molar-refractivity contribution in [3.05, 3.63) is 0 Å². The van der Waals surface area contributed by atoms with Crippen LogP contribution in [0, 0.1) is 46.3 Å². The molecule has 0 heterocycles. The van der Waals surface area contributed by atoms with Crippen molar-refractivity contribution in [2.24, 2.45) is 46.3 Å². The third-order valence-electron chi connectivity index (χ3n) is 9.96. The van der Waals surface area contributed by atoms with Crippen LogP contribution in [0.4, 0.5) is 0 Å². The molecule has 0 saturated heterocycles. The molecule has 4 rings (SSSR count). The summed E-state index contributed by atoms with van der Waals surface area (Å²) in [4.78, 5) is 24.4. The molecule has 0 radical (unpaired) electrons. The van der Waals surface area contributed by atoms with Gasteiger partial charge >= 0.3 is 5.97 Å². The Morgan fingerprint density at radius 3 is 2.56 bits per heavy atom. The molecule has 3 nitrogen and oxygen atoms in total. The van der Waals surface area contributed by atoms with E-state index >= 15 is 0 Å². The van der Waals surface area contributed by atoms with Gasteiger partial charge in [-0.15, -0.1) is 0 Å². The minimum atomic E-state index is -0.677. The summed E-state index contributed by atoms with van der Waals surface area (Å²) in [5, 5.41) is 9.08. The molecule has 0 aromatic rings. The van der Waals surface area contributed by atoms with Crippen molar-refractivity contribution in [1.29, 1.82) is 0 Å². The molecule has 3 heteroatoms. The molecule has 1 N–H and O–H groups in total. The fraction of sp³-hybridized carbons (Fsp3) is 0.917. The van der Waals surface area contributed by atoms with Crippen molar-refractivity contribution < 1.29 is 14.7 Å². The summed E-state index contributed by atoms with van der Waals surface area (Å²) >= 11 is 0. The largest absolute Gasteiger partial charge is 0.481 e. The van der Waals surface area contributed by atoms with Crippen LogP contribution in [0.15, 0.2) is 0 Å². The standard InChI is InChI=1S/C24H38O3/c1-15(7-10-21(26)27)17-8-9-18-22-19(11-13-24(17,18)3)23(2)12-5-4-6-16(23)14-20(22)25/h15-19,22H,4-14H2,1-3H3,(H,26,27)/t15-,16+,17?,18?,19?,22?,23+,24?/m1/s1. The molecule has 4 saturated carbocycles. The summed E-state index contributed by atoms with van der Waals surface area (Å²) in [7, 11) is 0. The number of carboxylic acids is 1. The molecule has 0 aliphatic heterocycles. The minimum absolute atomic E-state index is 0.243. The van der Waals surface area contributed by atoms with Gasteiger partial charge in [0.2, 0.25) is 0 Å². The van der Waals surface area contributed by atoms with E-state index in [0.717, 1.165) is 12.8 Å². The zero-order valence-electron chi connectivity index (χ0n) is 17.5. The predicted octanol–water partition coefficient (Wildman–Crippen LogP) is 5.72. The number of aliphatic carboxylic acids is 1. The molecule has 4 aliphatic carbocycles. The van der Waals surface area contributed by atoms with Crippen LogP contribution in [0.5, 0.6) is 0 Å². The average molecular weight is 375 g/mol. The smallest absolute Gasteiger partial charge is 0.303 e. The number of Topliss-reactive ketones (excluding diaryl/α,β-unsaturated/α-hetero) is 1. The van der Waals surface area contributed by atoms with Crippen molar-refractivity contribution in [3.8, 4) is 0 Å². The molecule has 0 aromatic carbocycles. The van der Waals surface area contributed by atoms with Crippen molar-refractivity contribution in [2.45, 2.75) is 91.4 Å². The van der Waals surface area contributed by atoms with E-state index in [1.807, 2.05) is 0 Å². The van der Waals surface area contributed by atoms with Gasteiger partial charge in [0.1, 0.15) is 5.78 Å². The van der Waals surface area contributed by atoms with Gasteiger partial charge in [-0.05, 0) is 85.4 Å². The molecular weight excluding hydrogens is 336 g/mol. The Kier molecular flexibility index (Phi) is 4.96. The van der Waals surface area contributed by atoms with E-state index in [0.29, 0.717) is 46.7 Å². The maximum absolute atomic E-state index is 13.3. The number of fused-ring (bicyclic) bond motifs is 5. The van der Waals surface area contributed by atoms with Crippen molar-refractivity contribution in [3.63, 3.8) is 0 Å². The predicted molar refractivity (Wildman–Crippen MR) is 106 cm³/mol. The Hall–Kier alpha value is -0.860. The molecular formula is C24H38O3. The van der Waals surface area contributed by atoms with Crippen molar-refractivity contribution in [1.82, 2.24) is 0 Å². The van der Waals surface area contributed by atoms with Crippen LogP contribution in [0.1, 0.15) is 91.4 Å². The Morgan fingerprint density at radius 2 is 1.81 bits per heavy atom. The van der Waals surface area contributed by atoms with E-state index in [1.165, 1.54) is 51.4 Å². The first kappa shape index (κ1) is 19.5. The Morgan fingerprint density at radius 1 is 1.07 bits per heavy atom. The zero-order chi connectivity index (χ0) is 19.4. The van der Waals surface area contributed by atoms with Gasteiger partial charge in [-0.2, -0.15) is 0 Å². The van der Waals surface area contributed by atoms with Crippen molar-refractivity contribution >= 4 is 11.8 Å². The van der Waals surface area contributed by atoms with E-state index in [2.05, 4.69) is 20.8 Å². The van der Waals surface area contributed by atoms with Gasteiger partial charge in [0.15, 0.2) is 0 Å². The van der Waals surface area contributed by atoms with Crippen LogP contribution in [0.2, 0.25) is 0 Å². The van der Waals surface area contributed by atoms with E-state index in [1.54, 1.807) is 0 Å². The number of hydrogen-bond acceptors (Lipinski definition) is 2. The van der Waals surface area contributed by atoms with E-state index in [-0.39, 0.29) is 11.8 Å². The number of ketones is 1. The normalized spacial score (nSPS) is 47.7. The van der Waals surface area contributed by atoms with Gasteiger partial charge in [0, 0.05) is 18.8 Å². The highest BCUT2D eigenvalue weighted by atomic mass is 16.4. The average Bonchev–Trinajstić information content (AvgIpc) is 2.97. The molecule has 27 heavy (non-hydrogen) atoms. The van der Waals surface area contributed by atoms with E-state index in [4.69, 9.17) is 5.11 Å².